The summed E-state index contributed by atoms with van der Waals surface area (Å²) in [4.78, 5) is 21.2. The van der Waals surface area contributed by atoms with E-state index in [1.54, 1.807) is 11.3 Å². The minimum absolute atomic E-state index is 0.0602. The minimum Gasteiger partial charge on any atom is -0.550 e. The molecule has 6 heteroatoms. The van der Waals surface area contributed by atoms with Gasteiger partial charge in [-0.05, 0) is 12.5 Å². The van der Waals surface area contributed by atoms with Crippen molar-refractivity contribution in [3.63, 3.8) is 0 Å². The summed E-state index contributed by atoms with van der Waals surface area (Å²) >= 11 is 1.61. The van der Waals surface area contributed by atoms with E-state index in [0.29, 0.717) is 5.82 Å². The van der Waals surface area contributed by atoms with Gasteiger partial charge >= 0.3 is 0 Å². The number of carboxylic acid groups (broad SMARTS) is 1. The highest BCUT2D eigenvalue weighted by atomic mass is 32.1. The number of aryl methyl sites for hydroxylation is 1. The van der Waals surface area contributed by atoms with Gasteiger partial charge in [0, 0.05) is 29.4 Å². The average Bonchev–Trinajstić information content (AvgIpc) is 2.84. The van der Waals surface area contributed by atoms with Crippen LogP contribution in [0, 0.1) is 6.92 Å². The van der Waals surface area contributed by atoms with Gasteiger partial charge in [-0.1, -0.05) is 30.3 Å². The summed E-state index contributed by atoms with van der Waals surface area (Å²) in [6.07, 6.45) is 1.43. The molecule has 0 aliphatic heterocycles. The second kappa shape index (κ2) is 6.11. The monoisotopic (exact) mass is 312 g/mol. The van der Waals surface area contributed by atoms with Crippen LogP contribution in [0.15, 0.2) is 36.7 Å². The van der Waals surface area contributed by atoms with Gasteiger partial charge in [-0.2, -0.15) is 0 Å². The molecule has 3 rings (SSSR count). The second-order valence-electron chi connectivity index (χ2n) is 4.85. The fourth-order valence-corrected chi connectivity index (χ4v) is 3.43. The Bertz CT molecular complexity index is 815. The van der Waals surface area contributed by atoms with Crippen molar-refractivity contribution in [1.29, 1.82) is 0 Å². The van der Waals surface area contributed by atoms with Gasteiger partial charge in [-0.3, -0.25) is 0 Å². The van der Waals surface area contributed by atoms with Crippen molar-refractivity contribution >= 4 is 33.3 Å². The molecule has 0 atom stereocenters. The number of carbonyl (C=O) groups excluding carboxylic acids is 1. The Morgan fingerprint density at radius 3 is 2.77 bits per heavy atom. The number of aromatic nitrogens is 2. The van der Waals surface area contributed by atoms with Crippen LogP contribution in [0.25, 0.3) is 21.3 Å². The maximum absolute atomic E-state index is 10.6. The fraction of sp³-hybridized carbons (Fsp3) is 0.188. The third-order valence-electron chi connectivity index (χ3n) is 3.35. The number of thiophene rings is 1. The van der Waals surface area contributed by atoms with E-state index >= 15 is 0 Å². The Hall–Kier alpha value is -2.47. The number of hydrogen-bond acceptors (Lipinski definition) is 6. The van der Waals surface area contributed by atoms with E-state index in [-0.39, 0.29) is 13.0 Å². The normalized spacial score (nSPS) is 10.8. The Labute approximate surface area is 131 Å². The first-order valence-electron chi connectivity index (χ1n) is 6.90. The van der Waals surface area contributed by atoms with Crippen LogP contribution in [0.5, 0.6) is 0 Å². The van der Waals surface area contributed by atoms with Crippen LogP contribution < -0.4 is 10.4 Å². The number of carbonyl (C=O) groups is 1. The molecule has 0 unspecified atom stereocenters. The van der Waals surface area contributed by atoms with Crippen LogP contribution in [-0.2, 0) is 4.79 Å². The first-order chi connectivity index (χ1) is 10.7. The summed E-state index contributed by atoms with van der Waals surface area (Å²) in [5.74, 6) is -0.419. The van der Waals surface area contributed by atoms with Crippen molar-refractivity contribution in [2.24, 2.45) is 0 Å². The number of anilines is 1. The zero-order chi connectivity index (χ0) is 15.5. The Kier molecular flexibility index (Phi) is 4.02. The molecule has 0 radical (unpaired) electrons. The molecule has 2 heterocycles. The van der Waals surface area contributed by atoms with E-state index in [0.717, 1.165) is 26.2 Å². The van der Waals surface area contributed by atoms with Gasteiger partial charge in [-0.15, -0.1) is 11.3 Å². The average molecular weight is 312 g/mol. The topological polar surface area (TPSA) is 77.9 Å². The van der Waals surface area contributed by atoms with E-state index in [4.69, 9.17) is 0 Å². The van der Waals surface area contributed by atoms with Gasteiger partial charge in [-0.25, -0.2) is 9.97 Å². The number of hydrogen-bond donors (Lipinski definition) is 1. The summed E-state index contributed by atoms with van der Waals surface area (Å²) in [6.45, 7) is 2.33. The molecule has 0 saturated carbocycles. The molecule has 2 aromatic heterocycles. The van der Waals surface area contributed by atoms with Gasteiger partial charge in [0.05, 0.1) is 5.39 Å². The van der Waals surface area contributed by atoms with Crippen LogP contribution in [0.2, 0.25) is 0 Å². The third-order valence-corrected chi connectivity index (χ3v) is 4.36. The van der Waals surface area contributed by atoms with Crippen LogP contribution in [0.3, 0.4) is 0 Å². The Morgan fingerprint density at radius 2 is 2.05 bits per heavy atom. The molecule has 1 aromatic carbocycles. The molecule has 22 heavy (non-hydrogen) atoms. The molecule has 0 spiro atoms. The van der Waals surface area contributed by atoms with Gasteiger partial charge in [0.2, 0.25) is 0 Å². The Morgan fingerprint density at radius 1 is 1.27 bits per heavy atom. The highest BCUT2D eigenvalue weighted by Gasteiger charge is 2.16. The van der Waals surface area contributed by atoms with Gasteiger partial charge in [0.15, 0.2) is 0 Å². The first kappa shape index (κ1) is 14.5. The largest absolute Gasteiger partial charge is 0.550 e. The van der Waals surface area contributed by atoms with Crippen molar-refractivity contribution in [3.8, 4) is 11.1 Å². The van der Waals surface area contributed by atoms with Crippen LogP contribution in [0.1, 0.15) is 11.3 Å². The third kappa shape index (κ3) is 2.78. The Balaban J connectivity index is 2.08. The lowest BCUT2D eigenvalue weighted by Crippen LogP contribution is -2.24. The molecule has 0 aliphatic rings. The number of aliphatic carboxylic acids is 1. The summed E-state index contributed by atoms with van der Waals surface area (Å²) in [5, 5.41) is 14.6. The standard InChI is InChI=1S/C16H15N3O2S/c1-10-13(11-5-3-2-4-6-11)14-15(17-8-7-12(20)21)18-9-19-16(14)22-10/h2-6,9H,7-8H2,1H3,(H,20,21)(H,17,18,19)/p-1. The number of nitrogens with one attached hydrogen (secondary N) is 1. The lowest BCUT2D eigenvalue weighted by Gasteiger charge is -2.09. The quantitative estimate of drug-likeness (QED) is 0.781. The number of nitrogens with zero attached hydrogens (tertiary/aromatic N) is 2. The molecule has 0 fully saturated rings. The lowest BCUT2D eigenvalue weighted by atomic mass is 10.0. The zero-order valence-corrected chi connectivity index (χ0v) is 12.8. The molecule has 5 nitrogen and oxygen atoms in total. The van der Waals surface area contributed by atoms with E-state index in [2.05, 4.69) is 22.2 Å². The van der Waals surface area contributed by atoms with Crippen LogP contribution in [-0.4, -0.2) is 22.5 Å². The van der Waals surface area contributed by atoms with Crippen LogP contribution >= 0.6 is 11.3 Å². The molecule has 112 valence electrons. The molecular weight excluding hydrogens is 298 g/mol. The van der Waals surface area contributed by atoms with E-state index in [1.807, 2.05) is 30.3 Å². The van der Waals surface area contributed by atoms with Crippen molar-refractivity contribution in [2.45, 2.75) is 13.3 Å². The number of fused-ring (bicyclic) bond motifs is 1. The summed E-state index contributed by atoms with van der Waals surface area (Å²) < 4.78 is 0. The second-order valence-corrected chi connectivity index (χ2v) is 6.05. The molecule has 1 N–H and O–H groups in total. The van der Waals surface area contributed by atoms with Crippen molar-refractivity contribution in [3.05, 3.63) is 41.5 Å². The number of benzene rings is 1. The first-order valence-corrected chi connectivity index (χ1v) is 7.71. The SMILES string of the molecule is Cc1sc2ncnc(NCCC(=O)[O-])c2c1-c1ccccc1. The maximum Gasteiger partial charge on any atom is 0.138 e. The number of rotatable bonds is 5. The minimum atomic E-state index is -1.08. The molecule has 0 bridgehead atoms. The maximum atomic E-state index is 10.6. The van der Waals surface area contributed by atoms with Crippen molar-refractivity contribution in [1.82, 2.24) is 9.97 Å². The van der Waals surface area contributed by atoms with Gasteiger partial charge < -0.3 is 15.2 Å². The van der Waals surface area contributed by atoms with Crippen molar-refractivity contribution in [2.75, 3.05) is 11.9 Å². The van der Waals surface area contributed by atoms with E-state index in [9.17, 15) is 9.90 Å². The van der Waals surface area contributed by atoms with Gasteiger partial charge in [0.1, 0.15) is 17.0 Å². The summed E-state index contributed by atoms with van der Waals surface area (Å²) in [6, 6.07) is 10.1. The predicted octanol–water partition coefficient (Wildman–Crippen LogP) is 2.22. The molecule has 0 aliphatic carbocycles. The van der Waals surface area contributed by atoms with Crippen LogP contribution in [0.4, 0.5) is 5.82 Å². The molecule has 0 saturated heterocycles. The van der Waals surface area contributed by atoms with Gasteiger partial charge in [0.25, 0.3) is 0 Å². The predicted molar refractivity (Wildman–Crippen MR) is 85.7 cm³/mol. The smallest absolute Gasteiger partial charge is 0.138 e. The van der Waals surface area contributed by atoms with E-state index < -0.39 is 5.97 Å². The zero-order valence-electron chi connectivity index (χ0n) is 12.0. The summed E-state index contributed by atoms with van der Waals surface area (Å²) in [7, 11) is 0. The molecule has 0 amide bonds. The van der Waals surface area contributed by atoms with Crippen molar-refractivity contribution < 1.29 is 9.90 Å². The molecular formula is C16H14N3O2S-. The van der Waals surface area contributed by atoms with E-state index in [1.165, 1.54) is 6.33 Å². The number of carboxylic acids is 1. The molecule has 3 aromatic rings. The lowest BCUT2D eigenvalue weighted by molar-refractivity contribution is -0.305. The fourth-order valence-electron chi connectivity index (χ4n) is 2.41. The summed E-state index contributed by atoms with van der Waals surface area (Å²) in [5.41, 5.74) is 2.20. The highest BCUT2D eigenvalue weighted by molar-refractivity contribution is 7.19. The highest BCUT2D eigenvalue weighted by Crippen LogP contribution is 2.40.